The molecule has 0 bridgehead atoms. The summed E-state index contributed by atoms with van der Waals surface area (Å²) < 4.78 is 0. The molecule has 230 valence electrons. The van der Waals surface area contributed by atoms with Gasteiger partial charge in [-0.3, -0.25) is 0 Å². The number of nitrogens with zero attached hydrogens (tertiary/aromatic N) is 1. The van der Waals surface area contributed by atoms with Gasteiger partial charge >= 0.3 is 0 Å². The highest BCUT2D eigenvalue weighted by Crippen LogP contribution is 2.43. The molecule has 9 rings (SSSR count). The van der Waals surface area contributed by atoms with Crippen LogP contribution in [-0.4, -0.2) is 0 Å². The van der Waals surface area contributed by atoms with E-state index in [-0.39, 0.29) is 0 Å². The van der Waals surface area contributed by atoms with Crippen LogP contribution in [0.2, 0.25) is 0 Å². The molecule has 0 aliphatic heterocycles. The minimum Gasteiger partial charge on any atom is -0.310 e. The first kappa shape index (κ1) is 28.8. The molecule has 0 saturated heterocycles. The van der Waals surface area contributed by atoms with E-state index in [0.717, 1.165) is 17.1 Å². The van der Waals surface area contributed by atoms with Crippen molar-refractivity contribution in [2.24, 2.45) is 0 Å². The highest BCUT2D eigenvalue weighted by atomic mass is 15.1. The normalized spacial score (nSPS) is 11.3. The van der Waals surface area contributed by atoms with Crippen LogP contribution in [0.3, 0.4) is 0 Å². The third-order valence-electron chi connectivity index (χ3n) is 9.62. The second-order valence-electron chi connectivity index (χ2n) is 12.6. The fraction of sp³-hybridized carbons (Fsp3) is 0. The van der Waals surface area contributed by atoms with Gasteiger partial charge in [-0.2, -0.15) is 0 Å². The summed E-state index contributed by atoms with van der Waals surface area (Å²) >= 11 is 0. The predicted octanol–water partition coefficient (Wildman–Crippen LogP) is 13.6. The van der Waals surface area contributed by atoms with Crippen molar-refractivity contribution in [3.63, 3.8) is 0 Å². The Hall–Kier alpha value is -6.44. The first-order valence-electron chi connectivity index (χ1n) is 16.8. The fourth-order valence-corrected chi connectivity index (χ4v) is 7.25. The zero-order chi connectivity index (χ0) is 32.6. The molecule has 0 N–H and O–H groups in total. The van der Waals surface area contributed by atoms with E-state index in [2.05, 4.69) is 205 Å². The van der Waals surface area contributed by atoms with E-state index in [1.165, 1.54) is 65.7 Å². The average Bonchev–Trinajstić information content (AvgIpc) is 3.18. The van der Waals surface area contributed by atoms with Crippen LogP contribution in [0.4, 0.5) is 17.1 Å². The minimum atomic E-state index is 1.11. The maximum atomic E-state index is 2.42. The first-order chi connectivity index (χ1) is 24.3. The van der Waals surface area contributed by atoms with Crippen molar-refractivity contribution >= 4 is 49.4 Å². The number of fused-ring (bicyclic) bond motifs is 4. The molecule has 49 heavy (non-hydrogen) atoms. The lowest BCUT2D eigenvalue weighted by molar-refractivity contribution is 1.30. The van der Waals surface area contributed by atoms with E-state index >= 15 is 0 Å². The Morgan fingerprint density at radius 1 is 0.265 bits per heavy atom. The van der Waals surface area contributed by atoms with Gasteiger partial charge in [-0.25, -0.2) is 0 Å². The summed E-state index contributed by atoms with van der Waals surface area (Å²) in [7, 11) is 0. The molecule has 0 amide bonds. The van der Waals surface area contributed by atoms with Gasteiger partial charge < -0.3 is 4.90 Å². The predicted molar refractivity (Wildman–Crippen MR) is 210 cm³/mol. The van der Waals surface area contributed by atoms with Gasteiger partial charge in [0.1, 0.15) is 0 Å². The van der Waals surface area contributed by atoms with Crippen LogP contribution in [0.1, 0.15) is 0 Å². The molecule has 9 aromatic carbocycles. The zero-order valence-electron chi connectivity index (χ0n) is 27.0. The summed E-state index contributed by atoms with van der Waals surface area (Å²) in [4.78, 5) is 2.42. The Balaban J connectivity index is 1.21. The molecule has 0 spiro atoms. The zero-order valence-corrected chi connectivity index (χ0v) is 27.0. The van der Waals surface area contributed by atoms with Crippen molar-refractivity contribution in [2.75, 3.05) is 4.90 Å². The lowest BCUT2D eigenvalue weighted by atomic mass is 9.95. The van der Waals surface area contributed by atoms with Crippen molar-refractivity contribution in [3.8, 4) is 33.4 Å². The van der Waals surface area contributed by atoms with Gasteiger partial charge in [0.15, 0.2) is 0 Å². The summed E-state index contributed by atoms with van der Waals surface area (Å²) in [5.41, 5.74) is 10.6. The number of hydrogen-bond acceptors (Lipinski definition) is 1. The first-order valence-corrected chi connectivity index (χ1v) is 16.8. The van der Waals surface area contributed by atoms with Crippen LogP contribution in [0.15, 0.2) is 200 Å². The Bertz CT molecular complexity index is 2590. The number of anilines is 3. The molecule has 0 aromatic heterocycles. The second kappa shape index (κ2) is 12.3. The minimum absolute atomic E-state index is 1.11. The molecule has 0 aliphatic rings. The summed E-state index contributed by atoms with van der Waals surface area (Å²) in [6.45, 7) is 0. The van der Waals surface area contributed by atoms with Crippen LogP contribution in [-0.2, 0) is 0 Å². The molecule has 0 atom stereocenters. The monoisotopic (exact) mass is 623 g/mol. The maximum Gasteiger partial charge on any atom is 0.0546 e. The topological polar surface area (TPSA) is 3.24 Å². The van der Waals surface area contributed by atoms with Crippen molar-refractivity contribution in [1.82, 2.24) is 0 Å². The van der Waals surface area contributed by atoms with Crippen molar-refractivity contribution < 1.29 is 0 Å². The van der Waals surface area contributed by atoms with E-state index in [9.17, 15) is 0 Å². The number of benzene rings is 9. The standard InChI is InChI=1S/C48H33N/c1-2-13-34(14-3-1)35-27-29-41(30-28-35)49(48-33-40-16-5-7-23-45(40)46-24-8-9-25-47(46)48)42-21-11-19-38(32-42)37-18-10-20-39(31-37)44-26-12-17-36-15-4-6-22-43(36)44/h1-33H. The Labute approximate surface area is 287 Å². The van der Waals surface area contributed by atoms with E-state index in [1.807, 2.05) is 0 Å². The van der Waals surface area contributed by atoms with E-state index in [0.29, 0.717) is 0 Å². The van der Waals surface area contributed by atoms with Crippen molar-refractivity contribution in [1.29, 1.82) is 0 Å². The largest absolute Gasteiger partial charge is 0.310 e. The Kier molecular flexibility index (Phi) is 7.22. The van der Waals surface area contributed by atoms with Crippen LogP contribution in [0, 0.1) is 0 Å². The Morgan fingerprint density at radius 3 is 1.63 bits per heavy atom. The molecule has 1 nitrogen and oxygen atoms in total. The third-order valence-corrected chi connectivity index (χ3v) is 9.62. The van der Waals surface area contributed by atoms with Crippen LogP contribution < -0.4 is 4.90 Å². The van der Waals surface area contributed by atoms with Gasteiger partial charge in [0.05, 0.1) is 5.69 Å². The molecule has 1 heteroatoms. The molecular formula is C48H33N. The van der Waals surface area contributed by atoms with Gasteiger partial charge in [0, 0.05) is 16.8 Å². The second-order valence-corrected chi connectivity index (χ2v) is 12.6. The number of hydrogen-bond donors (Lipinski definition) is 0. The molecule has 0 saturated carbocycles. The molecule has 0 fully saturated rings. The van der Waals surface area contributed by atoms with Gasteiger partial charge in [-0.05, 0) is 96.7 Å². The van der Waals surface area contributed by atoms with Gasteiger partial charge in [0.2, 0.25) is 0 Å². The lowest BCUT2D eigenvalue weighted by Gasteiger charge is -2.28. The molecule has 9 aromatic rings. The van der Waals surface area contributed by atoms with E-state index < -0.39 is 0 Å². The SMILES string of the molecule is c1ccc(-c2ccc(N(c3cccc(-c4cccc(-c5cccc6ccccc56)c4)c3)c3cc4ccccc4c4ccccc34)cc2)cc1. The van der Waals surface area contributed by atoms with Crippen molar-refractivity contribution in [2.45, 2.75) is 0 Å². The highest BCUT2D eigenvalue weighted by Gasteiger charge is 2.18. The lowest BCUT2D eigenvalue weighted by Crippen LogP contribution is -2.10. The molecule has 0 aliphatic carbocycles. The summed E-state index contributed by atoms with van der Waals surface area (Å²) in [5, 5.41) is 7.48. The third kappa shape index (κ3) is 5.32. The van der Waals surface area contributed by atoms with E-state index in [4.69, 9.17) is 0 Å². The smallest absolute Gasteiger partial charge is 0.0546 e. The molecule has 0 radical (unpaired) electrons. The van der Waals surface area contributed by atoms with Gasteiger partial charge in [-0.15, -0.1) is 0 Å². The van der Waals surface area contributed by atoms with Gasteiger partial charge in [0.25, 0.3) is 0 Å². The summed E-state index contributed by atoms with van der Waals surface area (Å²) in [6.07, 6.45) is 0. The maximum absolute atomic E-state index is 2.42. The van der Waals surface area contributed by atoms with E-state index in [1.54, 1.807) is 0 Å². The molecule has 0 unspecified atom stereocenters. The van der Waals surface area contributed by atoms with Crippen LogP contribution in [0.25, 0.3) is 65.7 Å². The molecular weight excluding hydrogens is 591 g/mol. The summed E-state index contributed by atoms with van der Waals surface area (Å²) in [6, 6.07) is 72.5. The van der Waals surface area contributed by atoms with Gasteiger partial charge in [-0.1, -0.05) is 164 Å². The number of rotatable bonds is 6. The summed E-state index contributed by atoms with van der Waals surface area (Å²) in [5.74, 6) is 0. The van der Waals surface area contributed by atoms with Crippen molar-refractivity contribution in [3.05, 3.63) is 200 Å². The average molecular weight is 624 g/mol. The molecule has 0 heterocycles. The quantitative estimate of drug-likeness (QED) is 0.167. The highest BCUT2D eigenvalue weighted by molar-refractivity contribution is 6.14. The van der Waals surface area contributed by atoms with Crippen LogP contribution in [0.5, 0.6) is 0 Å². The fourth-order valence-electron chi connectivity index (χ4n) is 7.25. The van der Waals surface area contributed by atoms with Crippen LogP contribution >= 0.6 is 0 Å². The Morgan fingerprint density at radius 2 is 0.816 bits per heavy atom.